The summed E-state index contributed by atoms with van der Waals surface area (Å²) < 4.78 is 32.6. The molecule has 0 radical (unpaired) electrons. The maximum atomic E-state index is 12.6. The number of hydrogen-bond acceptors (Lipinski definition) is 10. The van der Waals surface area contributed by atoms with Crippen LogP contribution in [-0.4, -0.2) is 76.9 Å². The number of allylic oxidation sites excluding steroid dienone is 10. The predicted octanol–water partition coefficient (Wildman–Crippen LogP) is 11.3. The molecule has 0 aromatic heterocycles. The Morgan fingerprint density at radius 1 is 0.617 bits per heavy atom. The number of hydrogen-bond donors (Lipinski definition) is 4. The summed E-state index contributed by atoms with van der Waals surface area (Å²) in [7, 11) is -4.66. The quantitative estimate of drug-likeness (QED) is 0.0152. The topological polar surface area (TPSA) is 169 Å². The highest BCUT2D eigenvalue weighted by molar-refractivity contribution is 7.47. The molecular weight excluding hydrogens is 783 g/mol. The number of unbranched alkanes of at least 4 members (excludes halogenated alkanes) is 13. The summed E-state index contributed by atoms with van der Waals surface area (Å²) in [5.41, 5.74) is 0. The van der Waals surface area contributed by atoms with Gasteiger partial charge in [-0.1, -0.05) is 184 Å². The van der Waals surface area contributed by atoms with Gasteiger partial charge in [0.2, 0.25) is 0 Å². The van der Waals surface area contributed by atoms with E-state index in [9.17, 15) is 29.3 Å². The molecule has 0 rings (SSSR count). The second kappa shape index (κ2) is 41.7. The van der Waals surface area contributed by atoms with E-state index >= 15 is 0 Å². The van der Waals surface area contributed by atoms with E-state index in [1.807, 2.05) is 54.7 Å². The number of phosphoric ester groups is 1. The zero-order chi connectivity index (χ0) is 44.4. The normalized spacial score (nSPS) is 15.1. The van der Waals surface area contributed by atoms with Crippen molar-refractivity contribution in [2.45, 2.75) is 187 Å². The van der Waals surface area contributed by atoms with E-state index in [2.05, 4.69) is 37.4 Å². The minimum atomic E-state index is -4.66. The zero-order valence-electron chi connectivity index (χ0n) is 37.4. The average Bonchev–Trinajstić information content (AvgIpc) is 3.22. The van der Waals surface area contributed by atoms with Crippen LogP contribution in [-0.2, 0) is 32.7 Å². The number of carbonyl (C=O) groups is 2. The molecule has 0 amide bonds. The Hall–Kier alpha value is -2.63. The number of esters is 2. The van der Waals surface area contributed by atoms with Crippen molar-refractivity contribution >= 4 is 19.8 Å². The third kappa shape index (κ3) is 42.1. The van der Waals surface area contributed by atoms with Gasteiger partial charge in [0, 0.05) is 12.8 Å². The molecule has 0 aromatic carbocycles. The highest BCUT2D eigenvalue weighted by Crippen LogP contribution is 2.43. The number of phosphoric acid groups is 1. The minimum absolute atomic E-state index is 0.0337. The molecule has 0 aliphatic rings. The van der Waals surface area contributed by atoms with Crippen molar-refractivity contribution in [2.75, 3.05) is 26.4 Å². The van der Waals surface area contributed by atoms with Gasteiger partial charge in [-0.25, -0.2) is 4.57 Å². The van der Waals surface area contributed by atoms with Crippen LogP contribution in [0.1, 0.15) is 168 Å². The molecule has 60 heavy (non-hydrogen) atoms. The largest absolute Gasteiger partial charge is 0.472 e. The van der Waals surface area contributed by atoms with Crippen molar-refractivity contribution in [3.05, 3.63) is 72.9 Å². The molecule has 0 fully saturated rings. The summed E-state index contributed by atoms with van der Waals surface area (Å²) in [6.45, 7) is 4.43. The van der Waals surface area contributed by atoms with Crippen LogP contribution in [0.4, 0.5) is 0 Å². The Labute approximate surface area is 363 Å². The minimum Gasteiger partial charge on any atom is -0.462 e. The number of ether oxygens (including phenoxy) is 2. The number of aliphatic hydroxyl groups excluding tert-OH is 3. The molecule has 0 aromatic rings. The molecular formula is C48H83O11P. The average molecular weight is 867 g/mol. The van der Waals surface area contributed by atoms with Gasteiger partial charge in [0.15, 0.2) is 6.10 Å². The van der Waals surface area contributed by atoms with Crippen LogP contribution in [0.2, 0.25) is 0 Å². The Bertz CT molecular complexity index is 1260. The van der Waals surface area contributed by atoms with Crippen LogP contribution in [0, 0.1) is 5.92 Å². The van der Waals surface area contributed by atoms with Crippen LogP contribution >= 0.6 is 7.82 Å². The Kier molecular flexibility index (Phi) is 39.9. The van der Waals surface area contributed by atoms with E-state index in [-0.39, 0.29) is 19.4 Å². The third-order valence-electron chi connectivity index (χ3n) is 9.40. The van der Waals surface area contributed by atoms with Gasteiger partial charge < -0.3 is 29.7 Å². The molecule has 11 nitrogen and oxygen atoms in total. The number of aliphatic hydroxyl groups is 3. The number of rotatable bonds is 41. The van der Waals surface area contributed by atoms with Crippen molar-refractivity contribution in [3.63, 3.8) is 0 Å². The molecule has 2 unspecified atom stereocenters. The van der Waals surface area contributed by atoms with Crippen LogP contribution in [0.5, 0.6) is 0 Å². The van der Waals surface area contributed by atoms with Crippen LogP contribution < -0.4 is 0 Å². The first kappa shape index (κ1) is 57.4. The SMILES string of the molecule is CC/C=C\C/C=C\CC(O)/C=C/C=C\C/C=C\C/C=C\CCC(=O)O[C@H](COC(=O)CCCCCCCCCCCCCCCCC(C)C)COP(=O)(O)OC[C@@H](O)CO. The Morgan fingerprint density at radius 3 is 1.75 bits per heavy atom. The van der Waals surface area contributed by atoms with Gasteiger partial charge in [-0.3, -0.25) is 18.6 Å². The van der Waals surface area contributed by atoms with E-state index in [1.165, 1.54) is 70.6 Å². The second-order valence-corrected chi connectivity index (χ2v) is 17.2. The molecule has 346 valence electrons. The predicted molar refractivity (Wildman–Crippen MR) is 243 cm³/mol. The van der Waals surface area contributed by atoms with E-state index in [0.717, 1.165) is 44.4 Å². The summed E-state index contributed by atoms with van der Waals surface area (Å²) >= 11 is 0. The maximum absolute atomic E-state index is 12.6. The van der Waals surface area contributed by atoms with Crippen molar-refractivity contribution in [3.8, 4) is 0 Å². The lowest BCUT2D eigenvalue weighted by Gasteiger charge is -2.20. The van der Waals surface area contributed by atoms with Crippen LogP contribution in [0.3, 0.4) is 0 Å². The molecule has 0 saturated carbocycles. The molecule has 0 aliphatic carbocycles. The molecule has 0 bridgehead atoms. The van der Waals surface area contributed by atoms with Gasteiger partial charge in [0.25, 0.3) is 0 Å². The third-order valence-corrected chi connectivity index (χ3v) is 10.3. The van der Waals surface area contributed by atoms with Crippen LogP contribution in [0.15, 0.2) is 72.9 Å². The molecule has 12 heteroatoms. The van der Waals surface area contributed by atoms with Gasteiger partial charge in [0.1, 0.15) is 12.7 Å². The first-order valence-electron chi connectivity index (χ1n) is 22.9. The van der Waals surface area contributed by atoms with Crippen molar-refractivity contribution < 1.29 is 52.9 Å². The Morgan fingerprint density at radius 2 is 1.15 bits per heavy atom. The standard InChI is InChI=1S/C48H83O11P/c1-4-5-6-7-25-30-35-44(50)36-31-26-21-17-14-15-19-23-28-33-38-48(53)59-46(42-58-60(54,55)57-40-45(51)39-49)41-56-47(52)37-32-27-22-18-13-11-9-8-10-12-16-20-24-29-34-43(2)3/h5-6,14-15,21,23,25-26,28,30-31,36,43-46,49-51H,4,7-13,16-20,22,24,27,29,32-35,37-42H2,1-3H3,(H,54,55)/b6-5-,15-14-,26-21-,28-23-,30-25-,36-31+/t44?,45-,46+/m0/s1. The molecule has 0 heterocycles. The first-order valence-corrected chi connectivity index (χ1v) is 24.4. The van der Waals surface area contributed by atoms with E-state index in [1.54, 1.807) is 6.08 Å². The van der Waals surface area contributed by atoms with Crippen molar-refractivity contribution in [1.29, 1.82) is 0 Å². The molecule has 0 aliphatic heterocycles. The fourth-order valence-electron chi connectivity index (χ4n) is 5.88. The Balaban J connectivity index is 4.44. The monoisotopic (exact) mass is 867 g/mol. The van der Waals surface area contributed by atoms with Gasteiger partial charge in [0.05, 0.1) is 25.9 Å². The molecule has 0 saturated heterocycles. The number of carbonyl (C=O) groups excluding carboxylic acids is 2. The highest BCUT2D eigenvalue weighted by Gasteiger charge is 2.27. The van der Waals surface area contributed by atoms with Crippen LogP contribution in [0.25, 0.3) is 0 Å². The fraction of sp³-hybridized carbons (Fsp3) is 0.708. The highest BCUT2D eigenvalue weighted by atomic mass is 31.2. The second-order valence-electron chi connectivity index (χ2n) is 15.7. The maximum Gasteiger partial charge on any atom is 0.472 e. The molecule has 4 N–H and O–H groups in total. The van der Waals surface area contributed by atoms with Gasteiger partial charge in [-0.15, -0.1) is 0 Å². The lowest BCUT2D eigenvalue weighted by molar-refractivity contribution is -0.161. The summed E-state index contributed by atoms with van der Waals surface area (Å²) in [5, 5.41) is 28.4. The summed E-state index contributed by atoms with van der Waals surface area (Å²) in [6.07, 6.45) is 43.4. The summed E-state index contributed by atoms with van der Waals surface area (Å²) in [5.74, 6) is -0.238. The zero-order valence-corrected chi connectivity index (χ0v) is 38.3. The molecule has 4 atom stereocenters. The summed E-state index contributed by atoms with van der Waals surface area (Å²) in [6, 6.07) is 0. The van der Waals surface area contributed by atoms with Gasteiger partial charge in [-0.2, -0.15) is 0 Å². The fourth-order valence-corrected chi connectivity index (χ4v) is 6.67. The smallest absolute Gasteiger partial charge is 0.462 e. The van der Waals surface area contributed by atoms with Crippen molar-refractivity contribution in [1.82, 2.24) is 0 Å². The molecule has 0 spiro atoms. The van der Waals surface area contributed by atoms with Gasteiger partial charge in [-0.05, 0) is 50.9 Å². The van der Waals surface area contributed by atoms with Gasteiger partial charge >= 0.3 is 19.8 Å². The summed E-state index contributed by atoms with van der Waals surface area (Å²) in [4.78, 5) is 35.0. The lowest BCUT2D eigenvalue weighted by Crippen LogP contribution is -2.29. The lowest BCUT2D eigenvalue weighted by atomic mass is 10.0. The first-order chi connectivity index (χ1) is 29.0. The van der Waals surface area contributed by atoms with E-state index < -0.39 is 57.9 Å². The van der Waals surface area contributed by atoms with Crippen molar-refractivity contribution in [2.24, 2.45) is 5.92 Å². The van der Waals surface area contributed by atoms with E-state index in [0.29, 0.717) is 25.7 Å². The van der Waals surface area contributed by atoms with E-state index in [4.69, 9.17) is 19.1 Å².